The van der Waals surface area contributed by atoms with Gasteiger partial charge in [-0.3, -0.25) is 0 Å². The van der Waals surface area contributed by atoms with Crippen molar-refractivity contribution in [3.63, 3.8) is 0 Å². The zero-order valence-corrected chi connectivity index (χ0v) is 9.67. The average molecular weight is 188 g/mol. The maximum atomic E-state index is 5.58. The van der Waals surface area contributed by atoms with E-state index in [1.807, 2.05) is 6.92 Å². The van der Waals surface area contributed by atoms with Crippen molar-refractivity contribution in [2.45, 2.75) is 40.2 Å². The minimum Gasteiger partial charge on any atom is -0.382 e. The first kappa shape index (κ1) is 12.9. The van der Waals surface area contributed by atoms with Gasteiger partial charge in [0.2, 0.25) is 0 Å². The van der Waals surface area contributed by atoms with E-state index in [-0.39, 0.29) is 6.10 Å². The maximum Gasteiger partial charge on any atom is 0.0810 e. The van der Waals surface area contributed by atoms with E-state index in [4.69, 9.17) is 9.47 Å². The molecule has 0 aromatic rings. The van der Waals surface area contributed by atoms with Crippen molar-refractivity contribution >= 4 is 0 Å². The van der Waals surface area contributed by atoms with Crippen molar-refractivity contribution in [3.05, 3.63) is 0 Å². The molecule has 0 rings (SSSR count). The topological polar surface area (TPSA) is 18.5 Å². The number of hydrogen-bond donors (Lipinski definition) is 0. The second kappa shape index (κ2) is 7.34. The van der Waals surface area contributed by atoms with Crippen molar-refractivity contribution in [2.75, 3.05) is 20.3 Å². The summed E-state index contributed by atoms with van der Waals surface area (Å²) in [6.07, 6.45) is 1.37. The predicted molar refractivity (Wildman–Crippen MR) is 55.9 cm³/mol. The van der Waals surface area contributed by atoms with Crippen LogP contribution in [0.4, 0.5) is 0 Å². The lowest BCUT2D eigenvalue weighted by atomic mass is 9.92. The van der Waals surface area contributed by atoms with E-state index in [0.717, 1.165) is 18.9 Å². The molecule has 2 atom stereocenters. The van der Waals surface area contributed by atoms with Crippen LogP contribution in [-0.2, 0) is 9.47 Å². The van der Waals surface area contributed by atoms with Crippen molar-refractivity contribution in [1.82, 2.24) is 0 Å². The average Bonchev–Trinajstić information content (AvgIpc) is 2.05. The van der Waals surface area contributed by atoms with Crippen LogP contribution >= 0.6 is 0 Å². The molecule has 0 aromatic carbocycles. The van der Waals surface area contributed by atoms with Gasteiger partial charge in [0.1, 0.15) is 0 Å². The van der Waals surface area contributed by atoms with Gasteiger partial charge in [-0.15, -0.1) is 0 Å². The van der Waals surface area contributed by atoms with Gasteiger partial charge in [0, 0.05) is 13.7 Å². The Balaban J connectivity index is 3.78. The van der Waals surface area contributed by atoms with E-state index in [1.54, 1.807) is 7.11 Å². The lowest BCUT2D eigenvalue weighted by molar-refractivity contribution is -0.0112. The highest BCUT2D eigenvalue weighted by molar-refractivity contribution is 4.65. The summed E-state index contributed by atoms with van der Waals surface area (Å²) in [5.74, 6) is 1.42. The summed E-state index contributed by atoms with van der Waals surface area (Å²) in [7, 11) is 1.73. The Kier molecular flexibility index (Phi) is 7.29. The Hall–Kier alpha value is -0.0800. The normalized spacial score (nSPS) is 16.2. The molecule has 0 radical (unpaired) electrons. The molecule has 0 fully saturated rings. The summed E-state index contributed by atoms with van der Waals surface area (Å²) in [4.78, 5) is 0. The Morgan fingerprint density at radius 1 is 1.15 bits per heavy atom. The lowest BCUT2D eigenvalue weighted by Gasteiger charge is -2.22. The molecule has 0 saturated heterocycles. The fourth-order valence-corrected chi connectivity index (χ4v) is 1.29. The quantitative estimate of drug-likeness (QED) is 0.611. The smallest absolute Gasteiger partial charge is 0.0810 e. The second-order valence-electron chi connectivity index (χ2n) is 3.99. The van der Waals surface area contributed by atoms with Gasteiger partial charge in [0.25, 0.3) is 0 Å². The first-order chi connectivity index (χ1) is 6.11. The van der Waals surface area contributed by atoms with Crippen LogP contribution in [0.15, 0.2) is 0 Å². The first-order valence-corrected chi connectivity index (χ1v) is 5.22. The van der Waals surface area contributed by atoms with Crippen LogP contribution in [0.25, 0.3) is 0 Å². The monoisotopic (exact) mass is 188 g/mol. The largest absolute Gasteiger partial charge is 0.382 e. The third-order valence-electron chi connectivity index (χ3n) is 2.53. The standard InChI is InChI=1S/C11H24O2/c1-6-13-11(8-12-5)7-10(4)9(2)3/h9-11H,6-8H2,1-5H3. The minimum atomic E-state index is 0.271. The summed E-state index contributed by atoms with van der Waals surface area (Å²) in [5.41, 5.74) is 0. The molecule has 0 aliphatic heterocycles. The van der Waals surface area contributed by atoms with Gasteiger partial charge >= 0.3 is 0 Å². The van der Waals surface area contributed by atoms with Gasteiger partial charge in [-0.2, -0.15) is 0 Å². The van der Waals surface area contributed by atoms with Gasteiger partial charge in [0.15, 0.2) is 0 Å². The summed E-state index contributed by atoms with van der Waals surface area (Å²) < 4.78 is 10.7. The van der Waals surface area contributed by atoms with Crippen LogP contribution in [0.5, 0.6) is 0 Å². The summed E-state index contributed by atoms with van der Waals surface area (Å²) in [5, 5.41) is 0. The molecular formula is C11H24O2. The minimum absolute atomic E-state index is 0.271. The number of ether oxygens (including phenoxy) is 2. The molecule has 0 bridgehead atoms. The number of rotatable bonds is 7. The molecule has 0 N–H and O–H groups in total. The Morgan fingerprint density at radius 3 is 2.15 bits per heavy atom. The predicted octanol–water partition coefficient (Wildman–Crippen LogP) is 2.72. The SMILES string of the molecule is CCOC(COC)CC(C)C(C)C. The third kappa shape index (κ3) is 6.05. The first-order valence-electron chi connectivity index (χ1n) is 5.22. The van der Waals surface area contributed by atoms with Crippen molar-refractivity contribution < 1.29 is 9.47 Å². The molecule has 0 heterocycles. The Morgan fingerprint density at radius 2 is 1.77 bits per heavy atom. The molecule has 0 aliphatic rings. The molecular weight excluding hydrogens is 164 g/mol. The number of hydrogen-bond acceptors (Lipinski definition) is 2. The number of methoxy groups -OCH3 is 1. The van der Waals surface area contributed by atoms with E-state index in [0.29, 0.717) is 12.5 Å². The van der Waals surface area contributed by atoms with E-state index in [2.05, 4.69) is 20.8 Å². The molecule has 13 heavy (non-hydrogen) atoms. The highest BCUT2D eigenvalue weighted by Crippen LogP contribution is 2.17. The van der Waals surface area contributed by atoms with E-state index in [1.165, 1.54) is 0 Å². The molecule has 2 unspecified atom stereocenters. The van der Waals surface area contributed by atoms with Crippen molar-refractivity contribution in [3.8, 4) is 0 Å². The molecule has 0 aromatic heterocycles. The van der Waals surface area contributed by atoms with E-state index in [9.17, 15) is 0 Å². The lowest BCUT2D eigenvalue weighted by Crippen LogP contribution is -2.23. The van der Waals surface area contributed by atoms with Crippen LogP contribution in [0.1, 0.15) is 34.1 Å². The molecule has 2 nitrogen and oxygen atoms in total. The summed E-state index contributed by atoms with van der Waals surface area (Å²) in [6.45, 7) is 10.3. The summed E-state index contributed by atoms with van der Waals surface area (Å²) >= 11 is 0. The fourth-order valence-electron chi connectivity index (χ4n) is 1.29. The Labute approximate surface area is 82.6 Å². The molecule has 0 amide bonds. The molecule has 2 heteroatoms. The van der Waals surface area contributed by atoms with Crippen molar-refractivity contribution in [1.29, 1.82) is 0 Å². The van der Waals surface area contributed by atoms with Crippen LogP contribution in [0.2, 0.25) is 0 Å². The zero-order valence-electron chi connectivity index (χ0n) is 9.67. The zero-order chi connectivity index (χ0) is 10.3. The van der Waals surface area contributed by atoms with Gasteiger partial charge < -0.3 is 9.47 Å². The van der Waals surface area contributed by atoms with Crippen LogP contribution < -0.4 is 0 Å². The highest BCUT2D eigenvalue weighted by atomic mass is 16.5. The van der Waals surface area contributed by atoms with E-state index >= 15 is 0 Å². The van der Waals surface area contributed by atoms with Crippen LogP contribution in [0.3, 0.4) is 0 Å². The Bertz CT molecular complexity index is 107. The third-order valence-corrected chi connectivity index (χ3v) is 2.53. The van der Waals surface area contributed by atoms with E-state index < -0.39 is 0 Å². The molecule has 0 saturated carbocycles. The van der Waals surface area contributed by atoms with Gasteiger partial charge in [-0.05, 0) is 25.2 Å². The van der Waals surface area contributed by atoms with Crippen molar-refractivity contribution in [2.24, 2.45) is 11.8 Å². The fraction of sp³-hybridized carbons (Fsp3) is 1.00. The van der Waals surface area contributed by atoms with Gasteiger partial charge in [0.05, 0.1) is 12.7 Å². The highest BCUT2D eigenvalue weighted by Gasteiger charge is 2.15. The molecule has 0 aliphatic carbocycles. The van der Waals surface area contributed by atoms with Gasteiger partial charge in [-0.25, -0.2) is 0 Å². The summed E-state index contributed by atoms with van der Waals surface area (Å²) in [6, 6.07) is 0. The van der Waals surface area contributed by atoms with Gasteiger partial charge in [-0.1, -0.05) is 20.8 Å². The van der Waals surface area contributed by atoms with Crippen LogP contribution in [0, 0.1) is 11.8 Å². The molecule has 0 spiro atoms. The maximum absolute atomic E-state index is 5.58. The molecule has 80 valence electrons. The second-order valence-corrected chi connectivity index (χ2v) is 3.99. The van der Waals surface area contributed by atoms with Crippen LogP contribution in [-0.4, -0.2) is 26.4 Å².